The van der Waals surface area contributed by atoms with Gasteiger partial charge in [0.25, 0.3) is 5.91 Å². The summed E-state index contributed by atoms with van der Waals surface area (Å²) in [7, 11) is 1.47. The van der Waals surface area contributed by atoms with Gasteiger partial charge in [-0.2, -0.15) is 5.10 Å². The van der Waals surface area contributed by atoms with Crippen LogP contribution in [0.1, 0.15) is 22.3 Å². The molecule has 0 aliphatic rings. The van der Waals surface area contributed by atoms with Crippen LogP contribution in [0.5, 0.6) is 11.5 Å². The summed E-state index contributed by atoms with van der Waals surface area (Å²) in [6, 6.07) is 17.8. The van der Waals surface area contributed by atoms with Crippen molar-refractivity contribution in [2.45, 2.75) is 20.8 Å². The third kappa shape index (κ3) is 7.42. The molecule has 3 rings (SSSR count). The van der Waals surface area contributed by atoms with Crippen molar-refractivity contribution >= 4 is 35.3 Å². The molecule has 9 heteroatoms. The van der Waals surface area contributed by atoms with Gasteiger partial charge in [0, 0.05) is 11.4 Å². The Morgan fingerprint density at radius 1 is 0.861 bits per heavy atom. The monoisotopic (exact) mass is 488 g/mol. The van der Waals surface area contributed by atoms with Gasteiger partial charge in [0.1, 0.15) is 0 Å². The molecule has 186 valence electrons. The largest absolute Gasteiger partial charge is 0.493 e. The van der Waals surface area contributed by atoms with Crippen molar-refractivity contribution in [1.29, 1.82) is 0 Å². The number of amides is 3. The highest BCUT2D eigenvalue weighted by atomic mass is 16.5. The predicted molar refractivity (Wildman–Crippen MR) is 139 cm³/mol. The Morgan fingerprint density at radius 2 is 1.58 bits per heavy atom. The fourth-order valence-electron chi connectivity index (χ4n) is 3.38. The molecule has 0 heterocycles. The van der Waals surface area contributed by atoms with E-state index in [9.17, 15) is 14.4 Å². The van der Waals surface area contributed by atoms with E-state index in [1.54, 1.807) is 30.3 Å². The molecular weight excluding hydrogens is 460 g/mol. The van der Waals surface area contributed by atoms with Crippen LogP contribution < -0.4 is 25.5 Å². The van der Waals surface area contributed by atoms with Gasteiger partial charge in [-0.1, -0.05) is 24.3 Å². The number of anilines is 2. The summed E-state index contributed by atoms with van der Waals surface area (Å²) in [6.45, 7) is 5.54. The van der Waals surface area contributed by atoms with E-state index in [0.29, 0.717) is 28.4 Å². The average molecular weight is 489 g/mol. The van der Waals surface area contributed by atoms with E-state index in [0.717, 1.165) is 16.7 Å². The summed E-state index contributed by atoms with van der Waals surface area (Å²) in [5.74, 6) is -1.30. The van der Waals surface area contributed by atoms with Crippen molar-refractivity contribution in [2.75, 3.05) is 24.4 Å². The summed E-state index contributed by atoms with van der Waals surface area (Å²) >= 11 is 0. The maximum atomic E-state index is 12.3. The van der Waals surface area contributed by atoms with Crippen LogP contribution in [-0.4, -0.2) is 37.7 Å². The second-order valence-corrected chi connectivity index (χ2v) is 8.09. The summed E-state index contributed by atoms with van der Waals surface area (Å²) in [4.78, 5) is 36.4. The Kier molecular flexibility index (Phi) is 8.77. The molecule has 36 heavy (non-hydrogen) atoms. The van der Waals surface area contributed by atoms with E-state index < -0.39 is 11.8 Å². The van der Waals surface area contributed by atoms with Gasteiger partial charge in [0.15, 0.2) is 18.1 Å². The van der Waals surface area contributed by atoms with Gasteiger partial charge < -0.3 is 20.1 Å². The van der Waals surface area contributed by atoms with E-state index in [1.807, 2.05) is 51.1 Å². The summed E-state index contributed by atoms with van der Waals surface area (Å²) in [6.07, 6.45) is 1.36. The summed E-state index contributed by atoms with van der Waals surface area (Å²) in [5, 5.41) is 9.16. The number of carbonyl (C=O) groups excluding carboxylic acids is 3. The van der Waals surface area contributed by atoms with Crippen LogP contribution in [0.25, 0.3) is 0 Å². The van der Waals surface area contributed by atoms with Gasteiger partial charge in [-0.3, -0.25) is 14.4 Å². The quantitative estimate of drug-likeness (QED) is 0.254. The molecule has 9 nitrogen and oxygen atoms in total. The van der Waals surface area contributed by atoms with Crippen molar-refractivity contribution in [2.24, 2.45) is 5.10 Å². The number of hydrogen-bond acceptors (Lipinski definition) is 6. The molecule has 3 amide bonds. The second kappa shape index (κ2) is 12.2. The third-order valence-electron chi connectivity index (χ3n) is 5.03. The molecule has 0 spiro atoms. The maximum absolute atomic E-state index is 12.3. The number of para-hydroxylation sites is 1. The van der Waals surface area contributed by atoms with Crippen LogP contribution in [-0.2, 0) is 14.4 Å². The number of methoxy groups -OCH3 is 1. The minimum atomic E-state index is -0.906. The fourth-order valence-corrected chi connectivity index (χ4v) is 3.38. The SMILES string of the molecule is COc1cc(/C=N\NC(=O)C(=O)Nc2ccccc2C)ccc1OCC(=O)Nc1cc(C)cc(C)c1. The van der Waals surface area contributed by atoms with Crippen molar-refractivity contribution in [3.8, 4) is 11.5 Å². The number of benzene rings is 3. The van der Waals surface area contributed by atoms with Gasteiger partial charge in [-0.15, -0.1) is 0 Å². The zero-order valence-corrected chi connectivity index (χ0v) is 20.5. The first-order chi connectivity index (χ1) is 17.2. The van der Waals surface area contributed by atoms with Gasteiger partial charge in [-0.05, 0) is 79.4 Å². The molecular formula is C27H28N4O5. The second-order valence-electron chi connectivity index (χ2n) is 8.09. The van der Waals surface area contributed by atoms with Gasteiger partial charge in [0.05, 0.1) is 13.3 Å². The summed E-state index contributed by atoms with van der Waals surface area (Å²) in [5.41, 5.74) is 6.95. The van der Waals surface area contributed by atoms with E-state index in [-0.39, 0.29) is 12.5 Å². The molecule has 0 radical (unpaired) electrons. The van der Waals surface area contributed by atoms with Crippen molar-refractivity contribution in [3.63, 3.8) is 0 Å². The number of nitrogens with one attached hydrogen (secondary N) is 3. The summed E-state index contributed by atoms with van der Waals surface area (Å²) < 4.78 is 11.0. The van der Waals surface area contributed by atoms with Crippen molar-refractivity contribution in [3.05, 3.63) is 82.9 Å². The lowest BCUT2D eigenvalue weighted by atomic mass is 10.1. The molecule has 0 saturated heterocycles. The van der Waals surface area contributed by atoms with E-state index >= 15 is 0 Å². The van der Waals surface area contributed by atoms with E-state index in [4.69, 9.17) is 9.47 Å². The smallest absolute Gasteiger partial charge is 0.329 e. The average Bonchev–Trinajstić information content (AvgIpc) is 2.83. The van der Waals surface area contributed by atoms with Crippen LogP contribution in [0.3, 0.4) is 0 Å². The fraction of sp³-hybridized carbons (Fsp3) is 0.185. The van der Waals surface area contributed by atoms with Crippen molar-refractivity contribution < 1.29 is 23.9 Å². The molecule has 3 aromatic carbocycles. The third-order valence-corrected chi connectivity index (χ3v) is 5.03. The Morgan fingerprint density at radius 3 is 2.28 bits per heavy atom. The zero-order valence-electron chi connectivity index (χ0n) is 20.5. The number of ether oxygens (including phenoxy) is 2. The molecule has 0 saturated carbocycles. The van der Waals surface area contributed by atoms with Gasteiger partial charge >= 0.3 is 11.8 Å². The first-order valence-electron chi connectivity index (χ1n) is 11.1. The first-order valence-corrected chi connectivity index (χ1v) is 11.1. The molecule has 0 unspecified atom stereocenters. The van der Waals surface area contributed by atoms with Crippen LogP contribution in [0.15, 0.2) is 65.8 Å². The highest BCUT2D eigenvalue weighted by Crippen LogP contribution is 2.27. The highest BCUT2D eigenvalue weighted by Gasteiger charge is 2.14. The van der Waals surface area contributed by atoms with Crippen LogP contribution in [0.2, 0.25) is 0 Å². The van der Waals surface area contributed by atoms with Gasteiger partial charge in [0.2, 0.25) is 0 Å². The van der Waals surface area contributed by atoms with Crippen LogP contribution in [0.4, 0.5) is 11.4 Å². The number of aryl methyl sites for hydroxylation is 3. The first kappa shape index (κ1) is 26.0. The van der Waals surface area contributed by atoms with Gasteiger partial charge in [-0.25, -0.2) is 5.43 Å². The molecule has 0 aromatic heterocycles. The Hall–Kier alpha value is -4.66. The lowest BCUT2D eigenvalue weighted by Gasteiger charge is -2.12. The topological polar surface area (TPSA) is 118 Å². The molecule has 3 aromatic rings. The molecule has 0 aliphatic carbocycles. The number of carbonyl (C=O) groups is 3. The molecule has 0 fully saturated rings. The maximum Gasteiger partial charge on any atom is 0.329 e. The highest BCUT2D eigenvalue weighted by molar-refractivity contribution is 6.39. The molecule has 0 bridgehead atoms. The standard InChI is InChI=1S/C27H28N4O5/c1-17-11-18(2)13-21(12-17)29-25(32)16-36-23-10-9-20(14-24(23)35-4)15-28-31-27(34)26(33)30-22-8-6-5-7-19(22)3/h5-15H,16H2,1-4H3,(H,29,32)(H,30,33)(H,31,34)/b28-15-. The van der Waals surface area contributed by atoms with Crippen LogP contribution in [0, 0.1) is 20.8 Å². The van der Waals surface area contributed by atoms with Crippen molar-refractivity contribution in [1.82, 2.24) is 5.43 Å². The predicted octanol–water partition coefficient (Wildman–Crippen LogP) is 3.73. The number of hydrogen-bond donors (Lipinski definition) is 3. The van der Waals surface area contributed by atoms with Crippen LogP contribution >= 0.6 is 0 Å². The lowest BCUT2D eigenvalue weighted by Crippen LogP contribution is -2.32. The Labute approximate surface area is 209 Å². The number of hydrazone groups is 1. The molecule has 0 atom stereocenters. The Bertz CT molecular complexity index is 1280. The minimum absolute atomic E-state index is 0.206. The molecule has 3 N–H and O–H groups in total. The minimum Gasteiger partial charge on any atom is -0.493 e. The number of nitrogens with zero attached hydrogens (tertiary/aromatic N) is 1. The van der Waals surface area contributed by atoms with E-state index in [2.05, 4.69) is 21.2 Å². The lowest BCUT2D eigenvalue weighted by molar-refractivity contribution is -0.136. The number of rotatable bonds is 8. The zero-order chi connectivity index (χ0) is 26.1. The van der Waals surface area contributed by atoms with E-state index in [1.165, 1.54) is 13.3 Å². The Balaban J connectivity index is 1.54. The normalized spacial score (nSPS) is 10.6. The molecule has 0 aliphatic heterocycles.